The van der Waals surface area contributed by atoms with Crippen LogP contribution in [0.25, 0.3) is 0 Å². The number of amides is 1. The molecule has 0 aromatic rings. The van der Waals surface area contributed by atoms with Crippen molar-refractivity contribution in [2.75, 3.05) is 26.8 Å². The number of piperidine rings is 1. The van der Waals surface area contributed by atoms with Gasteiger partial charge in [-0.1, -0.05) is 13.8 Å². The van der Waals surface area contributed by atoms with Crippen LogP contribution < -0.4 is 0 Å². The summed E-state index contributed by atoms with van der Waals surface area (Å²) in [4.78, 5) is 24.6. The zero-order chi connectivity index (χ0) is 12.8. The van der Waals surface area contributed by atoms with Crippen molar-refractivity contribution >= 4 is 12.1 Å². The monoisotopic (exact) mass is 243 g/mol. The van der Waals surface area contributed by atoms with E-state index in [1.807, 2.05) is 13.8 Å². The van der Waals surface area contributed by atoms with Crippen LogP contribution in [0.15, 0.2) is 0 Å². The van der Waals surface area contributed by atoms with Gasteiger partial charge in [0.15, 0.2) is 0 Å². The van der Waals surface area contributed by atoms with E-state index in [-0.39, 0.29) is 18.0 Å². The molecule has 0 spiro atoms. The van der Waals surface area contributed by atoms with Crippen LogP contribution in [-0.2, 0) is 14.3 Å². The Labute approximate surface area is 102 Å². The number of carbonyl (C=O) groups is 2. The van der Waals surface area contributed by atoms with E-state index < -0.39 is 0 Å². The van der Waals surface area contributed by atoms with Crippen LogP contribution in [-0.4, -0.2) is 43.8 Å². The second kappa shape index (κ2) is 6.47. The van der Waals surface area contributed by atoms with Crippen molar-refractivity contribution in [2.24, 2.45) is 11.8 Å². The van der Waals surface area contributed by atoms with Gasteiger partial charge in [-0.15, -0.1) is 0 Å². The maximum absolute atomic E-state index is 11.6. The van der Waals surface area contributed by atoms with E-state index in [2.05, 4.69) is 0 Å². The van der Waals surface area contributed by atoms with Gasteiger partial charge >= 0.3 is 12.1 Å². The second-order valence-corrected chi connectivity index (χ2v) is 4.76. The Hall–Kier alpha value is -1.26. The van der Waals surface area contributed by atoms with E-state index in [0.29, 0.717) is 38.5 Å². The highest BCUT2D eigenvalue weighted by Gasteiger charge is 2.28. The molecule has 1 amide bonds. The molecule has 1 aliphatic rings. The van der Waals surface area contributed by atoms with Gasteiger partial charge in [-0.2, -0.15) is 0 Å². The zero-order valence-electron chi connectivity index (χ0n) is 10.8. The highest BCUT2D eigenvalue weighted by Crippen LogP contribution is 2.19. The summed E-state index contributed by atoms with van der Waals surface area (Å²) < 4.78 is 9.83. The minimum atomic E-state index is -0.276. The van der Waals surface area contributed by atoms with Gasteiger partial charge in [0.2, 0.25) is 0 Å². The average Bonchev–Trinajstić information content (AvgIpc) is 2.35. The lowest BCUT2D eigenvalue weighted by Crippen LogP contribution is -2.41. The fourth-order valence-electron chi connectivity index (χ4n) is 1.79. The molecule has 17 heavy (non-hydrogen) atoms. The highest BCUT2D eigenvalue weighted by atomic mass is 16.6. The van der Waals surface area contributed by atoms with Crippen molar-refractivity contribution in [3.05, 3.63) is 0 Å². The first kappa shape index (κ1) is 13.8. The minimum Gasteiger partial charge on any atom is -0.469 e. The van der Waals surface area contributed by atoms with Gasteiger partial charge in [0.25, 0.3) is 0 Å². The first-order valence-electron chi connectivity index (χ1n) is 6.04. The molecule has 0 bridgehead atoms. The summed E-state index contributed by atoms with van der Waals surface area (Å²) in [5, 5.41) is 0. The molecule has 0 aromatic carbocycles. The van der Waals surface area contributed by atoms with Crippen molar-refractivity contribution < 1.29 is 19.1 Å². The summed E-state index contributed by atoms with van der Waals surface area (Å²) in [7, 11) is 1.39. The molecule has 0 saturated carbocycles. The molecule has 5 heteroatoms. The van der Waals surface area contributed by atoms with Gasteiger partial charge in [0.05, 0.1) is 19.6 Å². The van der Waals surface area contributed by atoms with Gasteiger partial charge in [0.1, 0.15) is 0 Å². The molecule has 1 fully saturated rings. The molecule has 1 rings (SSSR count). The van der Waals surface area contributed by atoms with Gasteiger partial charge in [-0.3, -0.25) is 4.79 Å². The molecular formula is C12H21NO4. The Morgan fingerprint density at radius 3 is 2.35 bits per heavy atom. The minimum absolute atomic E-state index is 0.0749. The van der Waals surface area contributed by atoms with Crippen LogP contribution in [0.1, 0.15) is 26.7 Å². The number of methoxy groups -OCH3 is 1. The fourth-order valence-corrected chi connectivity index (χ4v) is 1.79. The zero-order valence-corrected chi connectivity index (χ0v) is 10.8. The number of carbonyl (C=O) groups excluding carboxylic acids is 2. The SMILES string of the molecule is COC(=O)C1CCN(C(=O)OCC(C)C)CC1. The van der Waals surface area contributed by atoms with Crippen molar-refractivity contribution in [1.29, 1.82) is 0 Å². The van der Waals surface area contributed by atoms with E-state index in [9.17, 15) is 9.59 Å². The van der Waals surface area contributed by atoms with Crippen molar-refractivity contribution in [1.82, 2.24) is 4.90 Å². The fraction of sp³-hybridized carbons (Fsp3) is 0.833. The number of rotatable bonds is 3. The van der Waals surface area contributed by atoms with E-state index >= 15 is 0 Å². The molecule has 0 aliphatic carbocycles. The van der Waals surface area contributed by atoms with Crippen molar-refractivity contribution in [3.63, 3.8) is 0 Å². The van der Waals surface area contributed by atoms with Crippen LogP contribution in [0, 0.1) is 11.8 Å². The molecule has 98 valence electrons. The number of ether oxygens (including phenoxy) is 2. The number of nitrogens with zero attached hydrogens (tertiary/aromatic N) is 1. The van der Waals surface area contributed by atoms with E-state index in [0.717, 1.165) is 0 Å². The average molecular weight is 243 g/mol. The van der Waals surface area contributed by atoms with Gasteiger partial charge in [0, 0.05) is 13.1 Å². The smallest absolute Gasteiger partial charge is 0.409 e. The van der Waals surface area contributed by atoms with E-state index in [4.69, 9.17) is 9.47 Å². The lowest BCUT2D eigenvalue weighted by molar-refractivity contribution is -0.146. The number of hydrogen-bond acceptors (Lipinski definition) is 4. The van der Waals surface area contributed by atoms with Crippen LogP contribution >= 0.6 is 0 Å². The number of hydrogen-bond donors (Lipinski definition) is 0. The maximum Gasteiger partial charge on any atom is 0.409 e. The molecule has 1 aliphatic heterocycles. The van der Waals surface area contributed by atoms with Crippen LogP contribution in [0.5, 0.6) is 0 Å². The molecule has 1 saturated heterocycles. The Kier molecular flexibility index (Phi) is 5.25. The summed E-state index contributed by atoms with van der Waals surface area (Å²) in [5.74, 6) is 0.0842. The topological polar surface area (TPSA) is 55.8 Å². The first-order valence-corrected chi connectivity index (χ1v) is 6.04. The highest BCUT2D eigenvalue weighted by molar-refractivity contribution is 5.73. The van der Waals surface area contributed by atoms with E-state index in [1.165, 1.54) is 7.11 Å². The predicted molar refractivity (Wildman–Crippen MR) is 62.5 cm³/mol. The summed E-state index contributed by atoms with van der Waals surface area (Å²) >= 11 is 0. The Morgan fingerprint density at radius 2 is 1.88 bits per heavy atom. The predicted octanol–water partition coefficient (Wildman–Crippen LogP) is 1.66. The molecule has 0 aromatic heterocycles. The third kappa shape index (κ3) is 4.24. The first-order chi connectivity index (χ1) is 8.04. The lowest BCUT2D eigenvalue weighted by Gasteiger charge is -2.30. The standard InChI is InChI=1S/C12H21NO4/c1-9(2)8-17-12(15)13-6-4-10(5-7-13)11(14)16-3/h9-10H,4-8H2,1-3H3. The Morgan fingerprint density at radius 1 is 1.29 bits per heavy atom. The largest absolute Gasteiger partial charge is 0.469 e. The van der Waals surface area contributed by atoms with Crippen molar-refractivity contribution in [3.8, 4) is 0 Å². The number of likely N-dealkylation sites (tertiary alicyclic amines) is 1. The normalized spacial score (nSPS) is 17.1. The molecule has 0 unspecified atom stereocenters. The van der Waals surface area contributed by atoms with Gasteiger partial charge in [-0.05, 0) is 18.8 Å². The van der Waals surface area contributed by atoms with Crippen LogP contribution in [0.4, 0.5) is 4.79 Å². The van der Waals surface area contributed by atoms with Gasteiger partial charge < -0.3 is 14.4 Å². The summed E-state index contributed by atoms with van der Waals surface area (Å²) in [5.41, 5.74) is 0. The van der Waals surface area contributed by atoms with Gasteiger partial charge in [-0.25, -0.2) is 4.79 Å². The van der Waals surface area contributed by atoms with Crippen LogP contribution in [0.3, 0.4) is 0 Å². The third-order valence-electron chi connectivity index (χ3n) is 2.83. The molecule has 0 N–H and O–H groups in total. The summed E-state index contributed by atoms with van der Waals surface area (Å²) in [6.45, 7) is 5.57. The van der Waals surface area contributed by atoms with E-state index in [1.54, 1.807) is 4.90 Å². The summed E-state index contributed by atoms with van der Waals surface area (Å²) in [6, 6.07) is 0. The summed E-state index contributed by atoms with van der Waals surface area (Å²) in [6.07, 6.45) is 1.04. The maximum atomic E-state index is 11.6. The lowest BCUT2D eigenvalue weighted by atomic mass is 9.97. The molecular weight excluding hydrogens is 222 g/mol. The molecule has 1 heterocycles. The molecule has 5 nitrogen and oxygen atoms in total. The van der Waals surface area contributed by atoms with Crippen LogP contribution in [0.2, 0.25) is 0 Å². The molecule has 0 radical (unpaired) electrons. The second-order valence-electron chi connectivity index (χ2n) is 4.76. The molecule has 0 atom stereocenters. The quantitative estimate of drug-likeness (QED) is 0.707. The van der Waals surface area contributed by atoms with Crippen molar-refractivity contribution in [2.45, 2.75) is 26.7 Å². The number of esters is 1. The Bertz CT molecular complexity index is 270. The Balaban J connectivity index is 2.31. The third-order valence-corrected chi connectivity index (χ3v) is 2.83.